The van der Waals surface area contributed by atoms with Gasteiger partial charge >= 0.3 is 0 Å². The third-order valence-electron chi connectivity index (χ3n) is 4.23. The van der Waals surface area contributed by atoms with Crippen LogP contribution >= 0.6 is 0 Å². The molecule has 1 unspecified atom stereocenters. The number of carbonyl (C=O) groups excluding carboxylic acids is 1. The van der Waals surface area contributed by atoms with Gasteiger partial charge < -0.3 is 5.32 Å². The zero-order valence-corrected chi connectivity index (χ0v) is 15.1. The van der Waals surface area contributed by atoms with Crippen molar-refractivity contribution >= 4 is 21.6 Å². The zero-order chi connectivity index (χ0) is 18.7. The number of rotatable bonds is 6. The van der Waals surface area contributed by atoms with Crippen molar-refractivity contribution in [2.24, 2.45) is 5.92 Å². The van der Waals surface area contributed by atoms with Gasteiger partial charge in [0.25, 0.3) is 0 Å². The highest BCUT2D eigenvalue weighted by Gasteiger charge is 2.29. The summed E-state index contributed by atoms with van der Waals surface area (Å²) in [6.07, 6.45) is 1.88. The van der Waals surface area contributed by atoms with Crippen LogP contribution in [-0.2, 0) is 14.8 Å². The fourth-order valence-electron chi connectivity index (χ4n) is 2.55. The van der Waals surface area contributed by atoms with Gasteiger partial charge in [-0.3, -0.25) is 4.79 Å². The lowest BCUT2D eigenvalue weighted by Crippen LogP contribution is -2.27. The number of sulfonamides is 1. The smallest absolute Gasteiger partial charge is 0.241 e. The van der Waals surface area contributed by atoms with Crippen molar-refractivity contribution in [2.75, 3.05) is 5.32 Å². The first-order valence-corrected chi connectivity index (χ1v) is 9.81. The normalized spacial score (nSPS) is 15.1. The van der Waals surface area contributed by atoms with Crippen LogP contribution in [0.15, 0.2) is 53.4 Å². The molecule has 2 aromatic carbocycles. The average molecular weight is 369 g/mol. The van der Waals surface area contributed by atoms with E-state index in [0.29, 0.717) is 5.69 Å². The van der Waals surface area contributed by atoms with E-state index in [2.05, 4.69) is 10.0 Å². The lowest BCUT2D eigenvalue weighted by Gasteiger charge is -2.15. The quantitative estimate of drug-likeness (QED) is 0.818. The molecule has 26 heavy (non-hydrogen) atoms. The zero-order valence-electron chi connectivity index (χ0n) is 14.3. The fraction of sp³-hybridized carbons (Fsp3) is 0.263. The minimum atomic E-state index is -3.74. The summed E-state index contributed by atoms with van der Waals surface area (Å²) in [6, 6.07) is 14.4. The van der Waals surface area contributed by atoms with E-state index in [9.17, 15) is 13.2 Å². The van der Waals surface area contributed by atoms with Crippen molar-refractivity contribution in [3.63, 3.8) is 0 Å². The first-order chi connectivity index (χ1) is 12.4. The van der Waals surface area contributed by atoms with Crippen LogP contribution < -0.4 is 10.0 Å². The maximum atomic E-state index is 12.5. The number of nitriles is 1. The van der Waals surface area contributed by atoms with Crippen LogP contribution in [-0.4, -0.2) is 14.3 Å². The number of carbonyl (C=O) groups is 1. The molecule has 134 valence electrons. The standard InChI is InChI=1S/C19H19N3O3S/c1-13(22-26(24,25)18-4-2-3-14(11-18)12-20)15-7-9-17(10-8-15)21-19(23)16-5-6-16/h2-4,7-11,13,16,22H,5-6H2,1H3,(H,21,23). The Morgan fingerprint density at radius 2 is 1.88 bits per heavy atom. The number of anilines is 1. The van der Waals surface area contributed by atoms with Crippen LogP contribution in [0.2, 0.25) is 0 Å². The number of benzene rings is 2. The van der Waals surface area contributed by atoms with Crippen LogP contribution in [0.4, 0.5) is 5.69 Å². The molecular formula is C19H19N3O3S. The summed E-state index contributed by atoms with van der Waals surface area (Å²) in [5.74, 6) is 0.161. The molecule has 0 spiro atoms. The molecule has 1 aliphatic rings. The van der Waals surface area contributed by atoms with E-state index in [4.69, 9.17) is 5.26 Å². The summed E-state index contributed by atoms with van der Waals surface area (Å²) < 4.78 is 27.6. The van der Waals surface area contributed by atoms with Crippen LogP contribution in [0, 0.1) is 17.2 Å². The molecule has 3 rings (SSSR count). The van der Waals surface area contributed by atoms with Crippen LogP contribution in [0.5, 0.6) is 0 Å². The van der Waals surface area contributed by atoms with Gasteiger partial charge in [0.2, 0.25) is 15.9 Å². The first-order valence-electron chi connectivity index (χ1n) is 8.32. The Kier molecular flexibility index (Phi) is 5.07. The molecule has 1 aliphatic carbocycles. The van der Waals surface area contributed by atoms with Gasteiger partial charge in [0.15, 0.2) is 0 Å². The number of nitrogens with one attached hydrogen (secondary N) is 2. The molecular weight excluding hydrogens is 350 g/mol. The molecule has 2 N–H and O–H groups in total. The average Bonchev–Trinajstić information content (AvgIpc) is 3.47. The molecule has 1 fully saturated rings. The van der Waals surface area contributed by atoms with E-state index in [-0.39, 0.29) is 22.3 Å². The number of amides is 1. The van der Waals surface area contributed by atoms with Gasteiger partial charge in [-0.1, -0.05) is 18.2 Å². The molecule has 1 saturated carbocycles. The summed E-state index contributed by atoms with van der Waals surface area (Å²) in [7, 11) is -3.74. The first kappa shape index (κ1) is 18.1. The van der Waals surface area contributed by atoms with E-state index >= 15 is 0 Å². The number of nitrogens with zero attached hydrogens (tertiary/aromatic N) is 1. The van der Waals surface area contributed by atoms with Crippen molar-refractivity contribution in [3.8, 4) is 6.07 Å². The Hall–Kier alpha value is -2.69. The largest absolute Gasteiger partial charge is 0.326 e. The maximum Gasteiger partial charge on any atom is 0.241 e. The minimum absolute atomic E-state index is 0.0314. The van der Waals surface area contributed by atoms with Crippen molar-refractivity contribution in [1.82, 2.24) is 4.72 Å². The molecule has 1 amide bonds. The molecule has 0 aliphatic heterocycles. The van der Waals surface area contributed by atoms with E-state index in [1.807, 2.05) is 6.07 Å². The molecule has 0 saturated heterocycles. The maximum absolute atomic E-state index is 12.5. The topological polar surface area (TPSA) is 99.1 Å². The van der Waals surface area contributed by atoms with E-state index in [0.717, 1.165) is 18.4 Å². The Morgan fingerprint density at radius 3 is 2.50 bits per heavy atom. The highest BCUT2D eigenvalue weighted by atomic mass is 32.2. The second-order valence-electron chi connectivity index (χ2n) is 6.37. The molecule has 0 heterocycles. The lowest BCUT2D eigenvalue weighted by molar-refractivity contribution is -0.117. The van der Waals surface area contributed by atoms with Gasteiger partial charge in [-0.2, -0.15) is 5.26 Å². The van der Waals surface area contributed by atoms with Gasteiger partial charge in [0.1, 0.15) is 0 Å². The van der Waals surface area contributed by atoms with Crippen LogP contribution in [0.1, 0.15) is 36.9 Å². The van der Waals surface area contributed by atoms with Gasteiger partial charge in [-0.25, -0.2) is 13.1 Å². The molecule has 2 aromatic rings. The Morgan fingerprint density at radius 1 is 1.19 bits per heavy atom. The fourth-order valence-corrected chi connectivity index (χ4v) is 3.82. The van der Waals surface area contributed by atoms with Gasteiger partial charge in [0.05, 0.1) is 16.5 Å². The number of hydrogen-bond donors (Lipinski definition) is 2. The second kappa shape index (κ2) is 7.28. The predicted molar refractivity (Wildman–Crippen MR) is 97.7 cm³/mol. The highest BCUT2D eigenvalue weighted by molar-refractivity contribution is 7.89. The lowest BCUT2D eigenvalue weighted by atomic mass is 10.1. The van der Waals surface area contributed by atoms with Crippen molar-refractivity contribution in [3.05, 3.63) is 59.7 Å². The third kappa shape index (κ3) is 4.28. The molecule has 0 bridgehead atoms. The Labute approximate surface area is 152 Å². The van der Waals surface area contributed by atoms with Crippen LogP contribution in [0.25, 0.3) is 0 Å². The van der Waals surface area contributed by atoms with Gasteiger partial charge in [-0.15, -0.1) is 0 Å². The monoisotopic (exact) mass is 369 g/mol. The van der Waals surface area contributed by atoms with E-state index in [1.54, 1.807) is 37.3 Å². The summed E-state index contributed by atoms with van der Waals surface area (Å²) in [6.45, 7) is 1.74. The van der Waals surface area contributed by atoms with Crippen molar-refractivity contribution in [2.45, 2.75) is 30.7 Å². The van der Waals surface area contributed by atoms with E-state index < -0.39 is 16.1 Å². The number of hydrogen-bond acceptors (Lipinski definition) is 4. The predicted octanol–water partition coefficient (Wildman–Crippen LogP) is 2.95. The summed E-state index contributed by atoms with van der Waals surface area (Å²) in [5, 5.41) is 11.8. The van der Waals surface area contributed by atoms with Gasteiger partial charge in [-0.05, 0) is 55.7 Å². The highest BCUT2D eigenvalue weighted by Crippen LogP contribution is 2.30. The van der Waals surface area contributed by atoms with Crippen molar-refractivity contribution in [1.29, 1.82) is 5.26 Å². The molecule has 6 nitrogen and oxygen atoms in total. The SMILES string of the molecule is CC(NS(=O)(=O)c1cccc(C#N)c1)c1ccc(NC(=O)C2CC2)cc1. The third-order valence-corrected chi connectivity index (χ3v) is 5.77. The Balaban J connectivity index is 1.69. The van der Waals surface area contributed by atoms with Crippen LogP contribution in [0.3, 0.4) is 0 Å². The Bertz CT molecular complexity index is 958. The molecule has 0 aromatic heterocycles. The molecule has 7 heteroatoms. The van der Waals surface area contributed by atoms with Crippen molar-refractivity contribution < 1.29 is 13.2 Å². The summed E-state index contributed by atoms with van der Waals surface area (Å²) in [5.41, 5.74) is 1.76. The molecule has 1 atom stereocenters. The summed E-state index contributed by atoms with van der Waals surface area (Å²) in [4.78, 5) is 11.8. The van der Waals surface area contributed by atoms with Gasteiger partial charge in [0, 0.05) is 17.6 Å². The summed E-state index contributed by atoms with van der Waals surface area (Å²) >= 11 is 0. The second-order valence-corrected chi connectivity index (χ2v) is 8.08. The molecule has 0 radical (unpaired) electrons. The van der Waals surface area contributed by atoms with E-state index in [1.165, 1.54) is 18.2 Å². The minimum Gasteiger partial charge on any atom is -0.326 e.